The number of aryl methyl sites for hydroxylation is 1. The van der Waals surface area contributed by atoms with Crippen molar-refractivity contribution in [3.8, 4) is 0 Å². The lowest BCUT2D eigenvalue weighted by Crippen LogP contribution is -2.48. The van der Waals surface area contributed by atoms with E-state index in [4.69, 9.17) is 0 Å². The molecule has 1 aliphatic rings. The van der Waals surface area contributed by atoms with Gasteiger partial charge in [0.2, 0.25) is 5.91 Å². The summed E-state index contributed by atoms with van der Waals surface area (Å²) in [5.41, 5.74) is 2.18. The van der Waals surface area contributed by atoms with Gasteiger partial charge in [-0.3, -0.25) is 9.69 Å². The molecule has 0 bridgehead atoms. The van der Waals surface area contributed by atoms with Crippen LogP contribution >= 0.6 is 0 Å². The van der Waals surface area contributed by atoms with E-state index in [0.717, 1.165) is 44.0 Å². The highest BCUT2D eigenvalue weighted by atomic mass is 16.2. The van der Waals surface area contributed by atoms with Crippen LogP contribution in [0.4, 0.5) is 5.69 Å². The van der Waals surface area contributed by atoms with Crippen molar-refractivity contribution >= 4 is 11.6 Å². The standard InChI is InChI=1S/C15H23N3O/c1-3-18(14-7-5-4-6-13(14)2)15(19)12-17-10-8-16-9-11-17/h4-7,16H,3,8-12H2,1-2H3. The largest absolute Gasteiger partial charge is 0.314 e. The van der Waals surface area contributed by atoms with E-state index in [9.17, 15) is 4.79 Å². The average molecular weight is 261 g/mol. The van der Waals surface area contributed by atoms with Crippen LogP contribution in [0.15, 0.2) is 24.3 Å². The monoisotopic (exact) mass is 261 g/mol. The molecule has 1 aromatic rings. The Morgan fingerprint density at radius 2 is 2.00 bits per heavy atom. The Hall–Kier alpha value is -1.39. The molecule has 0 aliphatic carbocycles. The van der Waals surface area contributed by atoms with Gasteiger partial charge in [-0.25, -0.2) is 0 Å². The molecule has 0 spiro atoms. The van der Waals surface area contributed by atoms with Crippen LogP contribution in [0.3, 0.4) is 0 Å². The summed E-state index contributed by atoms with van der Waals surface area (Å²) in [6.45, 7) is 9.18. The van der Waals surface area contributed by atoms with Crippen LogP contribution in [0.25, 0.3) is 0 Å². The van der Waals surface area contributed by atoms with Crippen molar-refractivity contribution in [2.75, 3.05) is 44.2 Å². The van der Waals surface area contributed by atoms with E-state index in [-0.39, 0.29) is 5.91 Å². The molecule has 1 aromatic carbocycles. The second-order valence-electron chi connectivity index (χ2n) is 4.95. The topological polar surface area (TPSA) is 35.6 Å². The van der Waals surface area contributed by atoms with Crippen LogP contribution in [0.1, 0.15) is 12.5 Å². The van der Waals surface area contributed by atoms with Crippen LogP contribution in [0.2, 0.25) is 0 Å². The Morgan fingerprint density at radius 1 is 1.32 bits per heavy atom. The van der Waals surface area contributed by atoms with Crippen LogP contribution < -0.4 is 10.2 Å². The molecule has 0 aromatic heterocycles. The third kappa shape index (κ3) is 3.55. The number of carbonyl (C=O) groups excluding carboxylic acids is 1. The smallest absolute Gasteiger partial charge is 0.241 e. The van der Waals surface area contributed by atoms with Crippen LogP contribution in [-0.2, 0) is 4.79 Å². The third-order valence-electron chi connectivity index (χ3n) is 3.59. The van der Waals surface area contributed by atoms with Crippen molar-refractivity contribution in [3.05, 3.63) is 29.8 Å². The average Bonchev–Trinajstić information content (AvgIpc) is 2.43. The van der Waals surface area contributed by atoms with Crippen LogP contribution in [0, 0.1) is 6.92 Å². The van der Waals surface area contributed by atoms with Crippen molar-refractivity contribution in [1.29, 1.82) is 0 Å². The van der Waals surface area contributed by atoms with E-state index in [1.807, 2.05) is 30.0 Å². The lowest BCUT2D eigenvalue weighted by molar-refractivity contribution is -0.119. The number of nitrogens with zero attached hydrogens (tertiary/aromatic N) is 2. The minimum atomic E-state index is 0.193. The molecule has 0 unspecified atom stereocenters. The Morgan fingerprint density at radius 3 is 2.63 bits per heavy atom. The number of likely N-dealkylation sites (N-methyl/N-ethyl adjacent to an activating group) is 1. The van der Waals surface area contributed by atoms with E-state index in [1.165, 1.54) is 0 Å². The highest BCUT2D eigenvalue weighted by Gasteiger charge is 2.19. The maximum atomic E-state index is 12.5. The van der Waals surface area contributed by atoms with Gasteiger partial charge >= 0.3 is 0 Å². The number of carbonyl (C=O) groups is 1. The molecule has 1 fully saturated rings. The van der Waals surface area contributed by atoms with Gasteiger partial charge in [0.05, 0.1) is 6.54 Å². The highest BCUT2D eigenvalue weighted by molar-refractivity contribution is 5.95. The summed E-state index contributed by atoms with van der Waals surface area (Å²) in [5, 5.41) is 3.31. The molecular weight excluding hydrogens is 238 g/mol. The molecular formula is C15H23N3O. The molecule has 19 heavy (non-hydrogen) atoms. The number of hydrogen-bond donors (Lipinski definition) is 1. The summed E-state index contributed by atoms with van der Waals surface area (Å²) >= 11 is 0. The minimum absolute atomic E-state index is 0.193. The van der Waals surface area contributed by atoms with Crippen molar-refractivity contribution < 1.29 is 4.79 Å². The lowest BCUT2D eigenvalue weighted by Gasteiger charge is -2.30. The number of benzene rings is 1. The van der Waals surface area contributed by atoms with Gasteiger partial charge < -0.3 is 10.2 Å². The van der Waals surface area contributed by atoms with Crippen LogP contribution in [-0.4, -0.2) is 50.1 Å². The molecule has 1 aliphatic heterocycles. The number of amides is 1. The maximum absolute atomic E-state index is 12.5. The summed E-state index contributed by atoms with van der Waals surface area (Å²) in [4.78, 5) is 16.6. The number of piperazine rings is 1. The van der Waals surface area contributed by atoms with E-state index >= 15 is 0 Å². The number of para-hydroxylation sites is 1. The zero-order valence-electron chi connectivity index (χ0n) is 11.9. The van der Waals surface area contributed by atoms with Crippen molar-refractivity contribution in [2.24, 2.45) is 0 Å². The minimum Gasteiger partial charge on any atom is -0.314 e. The Balaban J connectivity index is 2.04. The first kappa shape index (κ1) is 14.0. The van der Waals surface area contributed by atoms with Gasteiger partial charge in [0.25, 0.3) is 0 Å². The SMILES string of the molecule is CCN(C(=O)CN1CCNCC1)c1ccccc1C. The summed E-state index contributed by atoms with van der Waals surface area (Å²) in [5.74, 6) is 0.193. The quantitative estimate of drug-likeness (QED) is 0.886. The zero-order valence-corrected chi connectivity index (χ0v) is 11.9. The third-order valence-corrected chi connectivity index (χ3v) is 3.59. The van der Waals surface area contributed by atoms with Gasteiger partial charge in [-0.15, -0.1) is 0 Å². The van der Waals surface area contributed by atoms with Crippen molar-refractivity contribution in [1.82, 2.24) is 10.2 Å². The Bertz CT molecular complexity index is 427. The van der Waals surface area contributed by atoms with Gasteiger partial charge in [0.1, 0.15) is 0 Å². The molecule has 0 saturated carbocycles. The van der Waals surface area contributed by atoms with Gasteiger partial charge in [-0.05, 0) is 25.5 Å². The first-order valence-electron chi connectivity index (χ1n) is 7.01. The molecule has 0 atom stereocenters. The molecule has 104 valence electrons. The normalized spacial score (nSPS) is 16.3. The molecule has 0 radical (unpaired) electrons. The fourth-order valence-corrected chi connectivity index (χ4v) is 2.49. The van der Waals surface area contributed by atoms with Crippen molar-refractivity contribution in [3.63, 3.8) is 0 Å². The second kappa shape index (κ2) is 6.68. The van der Waals surface area contributed by atoms with E-state index in [1.54, 1.807) is 0 Å². The van der Waals surface area contributed by atoms with Gasteiger partial charge in [0, 0.05) is 38.4 Å². The lowest BCUT2D eigenvalue weighted by atomic mass is 10.1. The number of nitrogens with one attached hydrogen (secondary N) is 1. The second-order valence-corrected chi connectivity index (χ2v) is 4.95. The first-order valence-corrected chi connectivity index (χ1v) is 7.01. The Kier molecular flexibility index (Phi) is 4.93. The zero-order chi connectivity index (χ0) is 13.7. The molecule has 4 heteroatoms. The van der Waals surface area contributed by atoms with Gasteiger partial charge in [-0.1, -0.05) is 18.2 Å². The Labute approximate surface area is 115 Å². The summed E-state index contributed by atoms with van der Waals surface area (Å²) in [6.07, 6.45) is 0. The summed E-state index contributed by atoms with van der Waals surface area (Å²) < 4.78 is 0. The molecule has 4 nitrogen and oxygen atoms in total. The van der Waals surface area contributed by atoms with E-state index < -0.39 is 0 Å². The summed E-state index contributed by atoms with van der Waals surface area (Å²) in [6, 6.07) is 8.07. The van der Waals surface area contributed by atoms with Crippen LogP contribution in [0.5, 0.6) is 0 Å². The maximum Gasteiger partial charge on any atom is 0.241 e. The fourth-order valence-electron chi connectivity index (χ4n) is 2.49. The molecule has 1 amide bonds. The van der Waals surface area contributed by atoms with E-state index in [2.05, 4.69) is 23.2 Å². The fraction of sp³-hybridized carbons (Fsp3) is 0.533. The highest BCUT2D eigenvalue weighted by Crippen LogP contribution is 2.19. The van der Waals surface area contributed by atoms with Gasteiger partial charge in [-0.2, -0.15) is 0 Å². The molecule has 1 heterocycles. The molecule has 1 saturated heterocycles. The summed E-state index contributed by atoms with van der Waals surface area (Å²) in [7, 11) is 0. The van der Waals surface area contributed by atoms with Gasteiger partial charge in [0.15, 0.2) is 0 Å². The number of anilines is 1. The molecule has 1 N–H and O–H groups in total. The van der Waals surface area contributed by atoms with Crippen molar-refractivity contribution in [2.45, 2.75) is 13.8 Å². The first-order chi connectivity index (χ1) is 9.22. The number of rotatable bonds is 4. The van der Waals surface area contributed by atoms with E-state index in [0.29, 0.717) is 6.54 Å². The predicted octanol–water partition coefficient (Wildman–Crippen LogP) is 1.25. The predicted molar refractivity (Wildman–Crippen MR) is 78.5 cm³/mol. The number of hydrogen-bond acceptors (Lipinski definition) is 3. The molecule has 2 rings (SSSR count).